The smallest absolute Gasteiger partial charge is 0.0542 e. The average molecular weight is 773 g/mol. The molecule has 0 aliphatic carbocycles. The first-order valence-corrected chi connectivity index (χ1v) is 23.2. The summed E-state index contributed by atoms with van der Waals surface area (Å²) in [4.78, 5) is 0. The van der Waals surface area contributed by atoms with Crippen molar-refractivity contribution in [2.45, 2.75) is 106 Å². The summed E-state index contributed by atoms with van der Waals surface area (Å²) in [6.07, 6.45) is 13.0. The van der Waals surface area contributed by atoms with Gasteiger partial charge in [0.25, 0.3) is 0 Å². The first-order chi connectivity index (χ1) is 27.2. The third-order valence-electron chi connectivity index (χ3n) is 12.4. The molecular formula is C54H60S2. The summed E-state index contributed by atoms with van der Waals surface area (Å²) in [5.74, 6) is 3.23. The van der Waals surface area contributed by atoms with E-state index in [1.807, 2.05) is 22.7 Å². The zero-order valence-corrected chi connectivity index (χ0v) is 36.2. The van der Waals surface area contributed by atoms with Crippen LogP contribution in [0.1, 0.15) is 104 Å². The van der Waals surface area contributed by atoms with E-state index in [9.17, 15) is 0 Å². The number of hydrogen-bond acceptors (Lipinski definition) is 2. The Balaban J connectivity index is 0.972. The van der Waals surface area contributed by atoms with Crippen LogP contribution in [0.2, 0.25) is 0 Å². The predicted octanol–water partition coefficient (Wildman–Crippen LogP) is 17.7. The third kappa shape index (κ3) is 8.93. The van der Waals surface area contributed by atoms with Crippen molar-refractivity contribution in [3.05, 3.63) is 120 Å². The molecule has 288 valence electrons. The third-order valence-corrected chi connectivity index (χ3v) is 14.9. The lowest BCUT2D eigenvalue weighted by molar-refractivity contribution is 0.437. The van der Waals surface area contributed by atoms with E-state index < -0.39 is 0 Å². The molecule has 56 heavy (non-hydrogen) atoms. The van der Waals surface area contributed by atoms with Crippen molar-refractivity contribution in [1.82, 2.24) is 0 Å². The van der Waals surface area contributed by atoms with Gasteiger partial charge in [-0.2, -0.15) is 0 Å². The maximum Gasteiger partial charge on any atom is 0.0542 e. The highest BCUT2D eigenvalue weighted by molar-refractivity contribution is 7.36. The van der Waals surface area contributed by atoms with Gasteiger partial charge in [-0.3, -0.25) is 0 Å². The number of benzene rings is 6. The van der Waals surface area contributed by atoms with E-state index in [0.29, 0.717) is 0 Å². The normalized spacial score (nSPS) is 13.4. The fraction of sp³-hybridized carbons (Fsp3) is 0.370. The number of hydrogen-bond donors (Lipinski definition) is 0. The van der Waals surface area contributed by atoms with Crippen molar-refractivity contribution < 1.29 is 0 Å². The molecule has 2 unspecified atom stereocenters. The summed E-state index contributed by atoms with van der Waals surface area (Å²) in [7, 11) is 0. The molecule has 0 nitrogen and oxygen atoms in total. The van der Waals surface area contributed by atoms with Gasteiger partial charge in [0, 0.05) is 20.2 Å². The maximum atomic E-state index is 2.43. The molecule has 8 rings (SSSR count). The van der Waals surface area contributed by atoms with Gasteiger partial charge in [-0.25, -0.2) is 0 Å². The van der Waals surface area contributed by atoms with Crippen LogP contribution in [0.4, 0.5) is 0 Å². The Hall–Kier alpha value is -3.98. The van der Waals surface area contributed by atoms with E-state index in [1.54, 1.807) is 0 Å². The van der Waals surface area contributed by atoms with E-state index in [0.717, 1.165) is 23.7 Å². The second-order valence-electron chi connectivity index (χ2n) is 18.0. The lowest BCUT2D eigenvalue weighted by atomic mass is 9.93. The summed E-state index contributed by atoms with van der Waals surface area (Å²) in [5.41, 5.74) is 8.12. The lowest BCUT2D eigenvalue weighted by Crippen LogP contribution is -1.99. The van der Waals surface area contributed by atoms with Gasteiger partial charge in [0.15, 0.2) is 0 Å². The van der Waals surface area contributed by atoms with E-state index in [1.165, 1.54) is 149 Å². The lowest BCUT2D eigenvalue weighted by Gasteiger charge is -2.12. The van der Waals surface area contributed by atoms with Gasteiger partial charge < -0.3 is 0 Å². The first kappa shape index (κ1) is 38.9. The van der Waals surface area contributed by atoms with Gasteiger partial charge >= 0.3 is 0 Å². The summed E-state index contributed by atoms with van der Waals surface area (Å²) >= 11 is 3.92. The van der Waals surface area contributed by atoms with E-state index in [2.05, 4.69) is 151 Å². The SMILES string of the molecule is CC(C)CCCC(C)CCc1ccc(-c2ccc3cc4c(cc3c2)sc2c3cc5ccc(-c6ccc(CCC(C)CCCC(C)C)cc6)cc5cc3sc42)cc1. The first-order valence-electron chi connectivity index (χ1n) is 21.6. The Kier molecular flexibility index (Phi) is 12.0. The highest BCUT2D eigenvalue weighted by atomic mass is 32.1. The molecule has 2 aromatic heterocycles. The van der Waals surface area contributed by atoms with Gasteiger partial charge in [-0.05, 0) is 141 Å². The molecule has 6 aromatic carbocycles. The molecule has 0 bridgehead atoms. The highest BCUT2D eigenvalue weighted by Gasteiger charge is 2.15. The topological polar surface area (TPSA) is 0 Å². The summed E-state index contributed by atoms with van der Waals surface area (Å²) in [6.45, 7) is 14.2. The molecule has 8 aromatic rings. The van der Waals surface area contributed by atoms with Crippen molar-refractivity contribution >= 4 is 73.8 Å². The van der Waals surface area contributed by atoms with Gasteiger partial charge in [-0.1, -0.05) is 153 Å². The minimum Gasteiger partial charge on any atom is -0.134 e. The van der Waals surface area contributed by atoms with E-state index in [-0.39, 0.29) is 0 Å². The van der Waals surface area contributed by atoms with Crippen LogP contribution in [0, 0.1) is 23.7 Å². The molecule has 0 aliphatic heterocycles. The monoisotopic (exact) mass is 772 g/mol. The largest absolute Gasteiger partial charge is 0.134 e. The molecule has 0 fully saturated rings. The molecule has 0 spiro atoms. The van der Waals surface area contributed by atoms with Crippen LogP contribution in [0.25, 0.3) is 73.4 Å². The Morgan fingerprint density at radius 2 is 0.768 bits per heavy atom. The molecule has 2 heteroatoms. The molecule has 2 heterocycles. The molecule has 0 radical (unpaired) electrons. The van der Waals surface area contributed by atoms with Crippen molar-refractivity contribution in [1.29, 1.82) is 0 Å². The van der Waals surface area contributed by atoms with Gasteiger partial charge in [-0.15, -0.1) is 22.7 Å². The number of thiophene rings is 2. The van der Waals surface area contributed by atoms with Crippen LogP contribution in [0.15, 0.2) is 109 Å². The molecule has 0 amide bonds. The van der Waals surface area contributed by atoms with E-state index in [4.69, 9.17) is 0 Å². The summed E-state index contributed by atoms with van der Waals surface area (Å²) in [5, 5.41) is 8.07. The van der Waals surface area contributed by atoms with Crippen molar-refractivity contribution in [3.63, 3.8) is 0 Å². The fourth-order valence-corrected chi connectivity index (χ4v) is 11.4. The molecule has 0 aliphatic rings. The molecule has 2 atom stereocenters. The van der Waals surface area contributed by atoms with Gasteiger partial charge in [0.1, 0.15) is 0 Å². The zero-order chi connectivity index (χ0) is 38.8. The quantitative estimate of drug-likeness (QED) is 0.0917. The Bertz CT molecular complexity index is 2380. The minimum atomic E-state index is 0.797. The molecular weight excluding hydrogens is 713 g/mol. The average Bonchev–Trinajstić information content (AvgIpc) is 3.72. The van der Waals surface area contributed by atoms with Gasteiger partial charge in [0.05, 0.1) is 9.40 Å². The van der Waals surface area contributed by atoms with Gasteiger partial charge in [0.2, 0.25) is 0 Å². The van der Waals surface area contributed by atoms with Crippen LogP contribution < -0.4 is 0 Å². The highest BCUT2D eigenvalue weighted by Crippen LogP contribution is 2.46. The standard InChI is InChI=1S/C54H60S2/c1-35(2)9-7-11-37(5)13-15-39-17-21-41(22-18-39)43-25-27-45-31-49-51(33-47(45)29-43)55-54-50-32-46-28-26-44(30-48(46)34-52(50)56-53(49)54)42-23-19-40(20-24-42)16-14-38(6)12-8-10-36(3)4/h17-38H,7-16H2,1-6H3. The van der Waals surface area contributed by atoms with Crippen LogP contribution >= 0.6 is 22.7 Å². The van der Waals surface area contributed by atoms with E-state index >= 15 is 0 Å². The van der Waals surface area contributed by atoms with Crippen molar-refractivity contribution in [2.24, 2.45) is 23.7 Å². The Morgan fingerprint density at radius 1 is 0.375 bits per heavy atom. The number of fused-ring (bicyclic) bond motifs is 7. The fourth-order valence-electron chi connectivity index (χ4n) is 8.70. The Labute approximate surface area is 344 Å². The van der Waals surface area contributed by atoms with Crippen LogP contribution in [0.5, 0.6) is 0 Å². The maximum absolute atomic E-state index is 2.43. The van der Waals surface area contributed by atoms with Crippen molar-refractivity contribution in [2.75, 3.05) is 0 Å². The second-order valence-corrected chi connectivity index (χ2v) is 20.1. The summed E-state index contributed by atoms with van der Waals surface area (Å²) in [6, 6.07) is 42.5. The molecule has 0 N–H and O–H groups in total. The Morgan fingerprint density at radius 3 is 1.16 bits per heavy atom. The van der Waals surface area contributed by atoms with Crippen LogP contribution in [-0.2, 0) is 12.8 Å². The minimum absolute atomic E-state index is 0.797. The molecule has 0 saturated carbocycles. The molecule has 0 saturated heterocycles. The predicted molar refractivity (Wildman–Crippen MR) is 253 cm³/mol. The number of rotatable bonds is 16. The van der Waals surface area contributed by atoms with Crippen LogP contribution in [-0.4, -0.2) is 0 Å². The zero-order valence-electron chi connectivity index (χ0n) is 34.6. The second kappa shape index (κ2) is 17.3. The number of aryl methyl sites for hydroxylation is 2. The summed E-state index contributed by atoms with van der Waals surface area (Å²) < 4.78 is 5.62. The van der Waals surface area contributed by atoms with Crippen LogP contribution in [0.3, 0.4) is 0 Å². The van der Waals surface area contributed by atoms with Crippen molar-refractivity contribution in [3.8, 4) is 22.3 Å².